The van der Waals surface area contributed by atoms with E-state index in [-0.39, 0.29) is 16.9 Å². The third-order valence-corrected chi connectivity index (χ3v) is 7.80. The van der Waals surface area contributed by atoms with E-state index in [1.807, 2.05) is 6.92 Å². The molecule has 10 nitrogen and oxygen atoms in total. The molecule has 30 heavy (non-hydrogen) atoms. The maximum absolute atomic E-state index is 12.5. The maximum atomic E-state index is 12.5. The van der Waals surface area contributed by atoms with E-state index in [0.717, 1.165) is 24.4 Å². The number of sulfonamides is 1. The number of rotatable bonds is 10. The fourth-order valence-electron chi connectivity index (χ4n) is 2.69. The van der Waals surface area contributed by atoms with E-state index in [9.17, 15) is 13.5 Å². The summed E-state index contributed by atoms with van der Waals surface area (Å²) in [5, 5.41) is 17.0. The van der Waals surface area contributed by atoms with Crippen molar-refractivity contribution in [1.82, 2.24) is 19.6 Å². The molecule has 0 radical (unpaired) electrons. The Labute approximate surface area is 188 Å². The van der Waals surface area contributed by atoms with Gasteiger partial charge in [0.25, 0.3) is 0 Å². The standard InChI is InChI=1S/C17H25BrN6O4S2/c1-12(10-25)21-16-14(18)9-19-17(23-16)22-13-8-15(29-11-13)30(26,27)20-2-3-24-4-6-28-7-5-24/h8-9,11-12,20,25H,2-7,10H2,1H3,(H2,19,21,22,23)/t12-/m1/s1. The lowest BCUT2D eigenvalue weighted by Gasteiger charge is -2.26. The smallest absolute Gasteiger partial charge is 0.250 e. The average molecular weight is 521 g/mol. The predicted octanol–water partition coefficient (Wildman–Crippen LogP) is 1.45. The van der Waals surface area contributed by atoms with Crippen LogP contribution in [0.4, 0.5) is 17.5 Å². The molecule has 2 aromatic heterocycles. The number of aromatic nitrogens is 2. The summed E-state index contributed by atoms with van der Waals surface area (Å²) in [4.78, 5) is 10.7. The molecule has 1 saturated heterocycles. The molecule has 1 aliphatic rings. The van der Waals surface area contributed by atoms with E-state index in [4.69, 9.17) is 4.74 Å². The summed E-state index contributed by atoms with van der Waals surface area (Å²) < 4.78 is 33.9. The van der Waals surface area contributed by atoms with Gasteiger partial charge in [-0.2, -0.15) is 4.98 Å². The second-order valence-corrected chi connectivity index (χ2v) is 10.5. The topological polar surface area (TPSA) is 129 Å². The third kappa shape index (κ3) is 6.57. The van der Waals surface area contributed by atoms with Crippen LogP contribution in [0.3, 0.4) is 0 Å². The number of nitrogens with one attached hydrogen (secondary N) is 3. The van der Waals surface area contributed by atoms with Crippen LogP contribution in [-0.4, -0.2) is 80.4 Å². The second kappa shape index (κ2) is 10.8. The van der Waals surface area contributed by atoms with Crippen LogP contribution in [0.25, 0.3) is 0 Å². The van der Waals surface area contributed by atoms with Crippen molar-refractivity contribution in [2.24, 2.45) is 0 Å². The fraction of sp³-hybridized carbons (Fsp3) is 0.529. The molecule has 1 fully saturated rings. The monoisotopic (exact) mass is 520 g/mol. The summed E-state index contributed by atoms with van der Waals surface area (Å²) in [6.45, 7) is 5.77. The van der Waals surface area contributed by atoms with Gasteiger partial charge in [0.15, 0.2) is 0 Å². The number of thiophene rings is 1. The van der Waals surface area contributed by atoms with Gasteiger partial charge < -0.3 is 20.5 Å². The Balaban J connectivity index is 1.59. The van der Waals surface area contributed by atoms with Crippen molar-refractivity contribution < 1.29 is 18.3 Å². The van der Waals surface area contributed by atoms with Gasteiger partial charge in [-0.3, -0.25) is 4.90 Å². The number of ether oxygens (including phenoxy) is 1. The molecule has 0 aliphatic carbocycles. The Morgan fingerprint density at radius 2 is 2.17 bits per heavy atom. The number of hydrogen-bond acceptors (Lipinski definition) is 10. The molecule has 0 bridgehead atoms. The highest BCUT2D eigenvalue weighted by molar-refractivity contribution is 9.10. The first-order valence-corrected chi connectivity index (χ1v) is 12.6. The Hall–Kier alpha value is -1.35. The zero-order valence-electron chi connectivity index (χ0n) is 16.5. The third-order valence-electron chi connectivity index (χ3n) is 4.32. The molecule has 0 amide bonds. The summed E-state index contributed by atoms with van der Waals surface area (Å²) in [6, 6.07) is 1.38. The lowest BCUT2D eigenvalue weighted by Crippen LogP contribution is -2.41. The minimum absolute atomic E-state index is 0.0382. The molecule has 166 valence electrons. The minimum Gasteiger partial charge on any atom is -0.394 e. The zero-order chi connectivity index (χ0) is 21.6. The van der Waals surface area contributed by atoms with Crippen LogP contribution < -0.4 is 15.4 Å². The van der Waals surface area contributed by atoms with Gasteiger partial charge in [0.1, 0.15) is 10.0 Å². The van der Waals surface area contributed by atoms with E-state index >= 15 is 0 Å². The van der Waals surface area contributed by atoms with Crippen molar-refractivity contribution in [2.75, 3.05) is 56.6 Å². The molecule has 3 rings (SSSR count). The maximum Gasteiger partial charge on any atom is 0.250 e. The molecule has 1 aliphatic heterocycles. The van der Waals surface area contributed by atoms with E-state index in [2.05, 4.69) is 46.2 Å². The average Bonchev–Trinajstić information content (AvgIpc) is 3.20. The molecule has 1 atom stereocenters. The van der Waals surface area contributed by atoms with Gasteiger partial charge in [-0.05, 0) is 28.9 Å². The number of anilines is 3. The van der Waals surface area contributed by atoms with Gasteiger partial charge in [0.05, 0.1) is 30.0 Å². The highest BCUT2D eigenvalue weighted by Gasteiger charge is 2.18. The lowest BCUT2D eigenvalue weighted by atomic mass is 10.3. The van der Waals surface area contributed by atoms with Crippen molar-refractivity contribution in [3.63, 3.8) is 0 Å². The van der Waals surface area contributed by atoms with E-state index < -0.39 is 10.0 Å². The molecule has 0 spiro atoms. The fourth-order valence-corrected chi connectivity index (χ4v) is 5.18. The number of halogens is 1. The second-order valence-electron chi connectivity index (χ2n) is 6.75. The highest BCUT2D eigenvalue weighted by Crippen LogP contribution is 2.27. The number of aliphatic hydroxyl groups excluding tert-OH is 1. The van der Waals surface area contributed by atoms with Crippen LogP contribution in [0.5, 0.6) is 0 Å². The molecule has 0 aromatic carbocycles. The first-order chi connectivity index (χ1) is 14.4. The van der Waals surface area contributed by atoms with Gasteiger partial charge in [-0.1, -0.05) is 0 Å². The number of hydrogen-bond donors (Lipinski definition) is 4. The largest absolute Gasteiger partial charge is 0.394 e. The summed E-state index contributed by atoms with van der Waals surface area (Å²) in [6.07, 6.45) is 1.58. The van der Waals surface area contributed by atoms with Crippen LogP contribution in [0.2, 0.25) is 0 Å². The van der Waals surface area contributed by atoms with Crippen LogP contribution in [0.15, 0.2) is 26.3 Å². The summed E-state index contributed by atoms with van der Waals surface area (Å²) >= 11 is 4.49. The molecule has 4 N–H and O–H groups in total. The van der Waals surface area contributed by atoms with Crippen molar-refractivity contribution in [3.8, 4) is 0 Å². The Kier molecular flexibility index (Phi) is 8.39. The number of morpholine rings is 1. The van der Waals surface area contributed by atoms with Gasteiger partial charge in [0, 0.05) is 43.8 Å². The van der Waals surface area contributed by atoms with E-state index in [1.54, 1.807) is 17.6 Å². The zero-order valence-corrected chi connectivity index (χ0v) is 19.7. The van der Waals surface area contributed by atoms with E-state index in [0.29, 0.717) is 48.2 Å². The summed E-state index contributed by atoms with van der Waals surface area (Å²) in [5.41, 5.74) is 0.581. The van der Waals surface area contributed by atoms with Gasteiger partial charge >= 0.3 is 0 Å². The molecule has 3 heterocycles. The lowest BCUT2D eigenvalue weighted by molar-refractivity contribution is 0.0390. The summed E-state index contributed by atoms with van der Waals surface area (Å²) in [7, 11) is -3.58. The van der Waals surface area contributed by atoms with Crippen molar-refractivity contribution >= 4 is 54.7 Å². The molecule has 13 heteroatoms. The SMILES string of the molecule is C[C@H](CO)Nc1nc(Nc2csc(S(=O)(=O)NCCN3CCOCC3)c2)ncc1Br. The minimum atomic E-state index is -3.58. The quantitative estimate of drug-likeness (QED) is 0.367. The molecular weight excluding hydrogens is 496 g/mol. The van der Waals surface area contributed by atoms with Crippen molar-refractivity contribution in [1.29, 1.82) is 0 Å². The number of nitrogens with zero attached hydrogens (tertiary/aromatic N) is 3. The van der Waals surface area contributed by atoms with Crippen molar-refractivity contribution in [2.45, 2.75) is 17.2 Å². The van der Waals surface area contributed by atoms with Gasteiger partial charge in [-0.25, -0.2) is 18.1 Å². The molecule has 0 saturated carbocycles. The Bertz CT molecular complexity index is 936. The molecule has 2 aromatic rings. The normalized spacial score (nSPS) is 16.4. The number of aliphatic hydroxyl groups is 1. The van der Waals surface area contributed by atoms with Crippen molar-refractivity contribution in [3.05, 3.63) is 22.1 Å². The predicted molar refractivity (Wildman–Crippen MR) is 120 cm³/mol. The first-order valence-electron chi connectivity index (χ1n) is 9.42. The summed E-state index contributed by atoms with van der Waals surface area (Å²) in [5.74, 6) is 0.842. The van der Waals surface area contributed by atoms with Crippen LogP contribution >= 0.6 is 27.3 Å². The van der Waals surface area contributed by atoms with Crippen LogP contribution in [0.1, 0.15) is 6.92 Å². The van der Waals surface area contributed by atoms with Crippen LogP contribution in [-0.2, 0) is 14.8 Å². The van der Waals surface area contributed by atoms with E-state index in [1.165, 1.54) is 0 Å². The van der Waals surface area contributed by atoms with Crippen LogP contribution in [0, 0.1) is 0 Å². The molecule has 0 unspecified atom stereocenters. The molecular formula is C17H25BrN6O4S2. The Morgan fingerprint density at radius 3 is 2.90 bits per heavy atom. The van der Waals surface area contributed by atoms with Gasteiger partial charge in [0.2, 0.25) is 16.0 Å². The van der Waals surface area contributed by atoms with Gasteiger partial charge in [-0.15, -0.1) is 11.3 Å². The Morgan fingerprint density at radius 1 is 1.40 bits per heavy atom. The highest BCUT2D eigenvalue weighted by atomic mass is 79.9. The first kappa shape index (κ1) is 23.3.